The molecule has 1 aromatic heterocycles. The van der Waals surface area contributed by atoms with Gasteiger partial charge >= 0.3 is 0 Å². The predicted molar refractivity (Wildman–Crippen MR) is 96.2 cm³/mol. The lowest BCUT2D eigenvalue weighted by molar-refractivity contribution is -0.130. The van der Waals surface area contributed by atoms with Crippen molar-refractivity contribution in [2.24, 2.45) is 11.3 Å². The molecule has 136 valence electrons. The minimum Gasteiger partial charge on any atom is -0.359 e. The second-order valence-electron chi connectivity index (χ2n) is 7.33. The Balaban J connectivity index is 1.47. The Labute approximate surface area is 152 Å². The topological polar surface area (TPSA) is 81.3 Å². The van der Waals surface area contributed by atoms with Gasteiger partial charge in [-0.25, -0.2) is 0 Å². The zero-order chi connectivity index (χ0) is 18.1. The first-order chi connectivity index (χ1) is 12.6. The van der Waals surface area contributed by atoms with E-state index in [4.69, 9.17) is 0 Å². The van der Waals surface area contributed by atoms with E-state index in [1.807, 2.05) is 23.1 Å². The monoisotopic (exact) mass is 353 g/mol. The van der Waals surface area contributed by atoms with Gasteiger partial charge < -0.3 is 10.2 Å². The molecule has 1 unspecified atom stereocenters. The fourth-order valence-corrected chi connectivity index (χ4v) is 4.30. The van der Waals surface area contributed by atoms with Crippen LogP contribution in [0.15, 0.2) is 42.7 Å². The Bertz CT molecular complexity index is 784. The van der Waals surface area contributed by atoms with Crippen molar-refractivity contribution >= 4 is 11.8 Å². The Morgan fingerprint density at radius 2 is 2.04 bits per heavy atom. The lowest BCUT2D eigenvalue weighted by Gasteiger charge is -2.50. The van der Waals surface area contributed by atoms with Gasteiger partial charge in [0.15, 0.2) is 0 Å². The number of hydrogen-bond acceptors (Lipinski definition) is 4. The minimum atomic E-state index is -0.158. The summed E-state index contributed by atoms with van der Waals surface area (Å²) in [5.41, 5.74) is 1.65. The van der Waals surface area contributed by atoms with Gasteiger partial charge in [0, 0.05) is 51.4 Å². The van der Waals surface area contributed by atoms with Crippen LogP contribution in [0.3, 0.4) is 0 Å². The van der Waals surface area contributed by atoms with Crippen LogP contribution < -0.4 is 5.32 Å². The highest BCUT2D eigenvalue weighted by Crippen LogP contribution is 2.45. The highest BCUT2D eigenvalue weighted by Gasteiger charge is 2.57. The lowest BCUT2D eigenvalue weighted by atomic mass is 9.71. The van der Waals surface area contributed by atoms with Crippen molar-refractivity contribution in [3.8, 4) is 0 Å². The van der Waals surface area contributed by atoms with Gasteiger partial charge in [0.2, 0.25) is 5.91 Å². The van der Waals surface area contributed by atoms with Gasteiger partial charge in [-0.3, -0.25) is 19.6 Å². The maximum Gasteiger partial charge on any atom is 0.257 e. The van der Waals surface area contributed by atoms with Crippen molar-refractivity contribution in [3.05, 3.63) is 53.9 Å². The Hall–Kier alpha value is -2.67. The summed E-state index contributed by atoms with van der Waals surface area (Å²) in [6.45, 7) is 3.60. The van der Waals surface area contributed by atoms with Crippen LogP contribution in [0.2, 0.25) is 0 Å². The maximum atomic E-state index is 12.5. The largest absolute Gasteiger partial charge is 0.359 e. The Kier molecular flexibility index (Phi) is 4.24. The number of carbonyl (C=O) groups is 2. The summed E-state index contributed by atoms with van der Waals surface area (Å²) >= 11 is 0. The fourth-order valence-electron chi connectivity index (χ4n) is 4.30. The molecule has 3 heterocycles. The molecule has 0 saturated carbocycles. The number of aromatic amines is 1. The van der Waals surface area contributed by atoms with E-state index in [9.17, 15) is 9.59 Å². The molecule has 1 spiro atoms. The summed E-state index contributed by atoms with van der Waals surface area (Å²) < 4.78 is 0. The van der Waals surface area contributed by atoms with E-state index in [0.29, 0.717) is 18.7 Å². The summed E-state index contributed by atoms with van der Waals surface area (Å²) in [5, 5.41) is 9.32. The molecule has 0 bridgehead atoms. The van der Waals surface area contributed by atoms with Crippen molar-refractivity contribution in [2.45, 2.75) is 6.54 Å². The molecule has 2 aliphatic heterocycles. The zero-order valence-corrected chi connectivity index (χ0v) is 14.8. The number of nitrogens with one attached hydrogen (secondary N) is 2. The van der Waals surface area contributed by atoms with Crippen LogP contribution in [-0.4, -0.2) is 65.0 Å². The molecular weight excluding hydrogens is 330 g/mol. The summed E-state index contributed by atoms with van der Waals surface area (Å²) in [7, 11) is 1.68. The van der Waals surface area contributed by atoms with E-state index >= 15 is 0 Å². The smallest absolute Gasteiger partial charge is 0.257 e. The highest BCUT2D eigenvalue weighted by molar-refractivity contribution is 5.94. The molecule has 0 radical (unpaired) electrons. The molecule has 2 saturated heterocycles. The van der Waals surface area contributed by atoms with E-state index in [0.717, 1.165) is 19.6 Å². The number of likely N-dealkylation sites (tertiary alicyclic amines) is 2. The van der Waals surface area contributed by atoms with Gasteiger partial charge in [-0.15, -0.1) is 0 Å². The Morgan fingerprint density at radius 3 is 2.69 bits per heavy atom. The van der Waals surface area contributed by atoms with E-state index < -0.39 is 0 Å². The molecule has 7 heteroatoms. The molecule has 26 heavy (non-hydrogen) atoms. The van der Waals surface area contributed by atoms with E-state index in [1.165, 1.54) is 5.56 Å². The predicted octanol–water partition coefficient (Wildman–Crippen LogP) is 0.730. The van der Waals surface area contributed by atoms with Crippen LogP contribution in [-0.2, 0) is 11.3 Å². The van der Waals surface area contributed by atoms with Crippen molar-refractivity contribution in [2.75, 3.05) is 33.2 Å². The van der Waals surface area contributed by atoms with Crippen molar-refractivity contribution in [1.82, 2.24) is 25.3 Å². The summed E-state index contributed by atoms with van der Waals surface area (Å²) in [4.78, 5) is 29.1. The molecule has 0 aliphatic carbocycles. The molecule has 1 aromatic carbocycles. The van der Waals surface area contributed by atoms with Crippen molar-refractivity contribution in [3.63, 3.8) is 0 Å². The van der Waals surface area contributed by atoms with Crippen LogP contribution in [0, 0.1) is 11.3 Å². The van der Waals surface area contributed by atoms with E-state index in [-0.39, 0.29) is 23.1 Å². The highest BCUT2D eigenvalue weighted by atomic mass is 16.2. The lowest BCUT2D eigenvalue weighted by Crippen LogP contribution is -2.63. The molecule has 1 atom stereocenters. The van der Waals surface area contributed by atoms with Crippen molar-refractivity contribution < 1.29 is 9.59 Å². The molecule has 2 aromatic rings. The van der Waals surface area contributed by atoms with Gasteiger partial charge in [-0.05, 0) is 5.56 Å². The summed E-state index contributed by atoms with van der Waals surface area (Å²) in [6.07, 6.45) is 3.15. The minimum absolute atomic E-state index is 0.0264. The molecule has 4 rings (SSSR count). The molecule has 7 nitrogen and oxygen atoms in total. The number of aromatic nitrogens is 2. The van der Waals surface area contributed by atoms with Crippen LogP contribution >= 0.6 is 0 Å². The number of benzene rings is 1. The van der Waals surface area contributed by atoms with Crippen LogP contribution in [0.5, 0.6) is 0 Å². The molecule has 2 fully saturated rings. The van der Waals surface area contributed by atoms with Crippen LogP contribution in [0.25, 0.3) is 0 Å². The van der Waals surface area contributed by atoms with Gasteiger partial charge in [-0.2, -0.15) is 5.10 Å². The number of nitrogens with zero attached hydrogens (tertiary/aromatic N) is 3. The average Bonchev–Trinajstić information content (AvgIpc) is 3.28. The van der Waals surface area contributed by atoms with E-state index in [2.05, 4.69) is 32.5 Å². The fraction of sp³-hybridized carbons (Fsp3) is 0.421. The summed E-state index contributed by atoms with van der Waals surface area (Å²) in [5.74, 6) is -0.0536. The van der Waals surface area contributed by atoms with Crippen LogP contribution in [0.1, 0.15) is 15.9 Å². The van der Waals surface area contributed by atoms with Gasteiger partial charge in [-0.1, -0.05) is 30.3 Å². The third-order valence-corrected chi connectivity index (χ3v) is 5.57. The van der Waals surface area contributed by atoms with Gasteiger partial charge in [0.05, 0.1) is 17.7 Å². The number of rotatable bonds is 4. The molecule has 2 amide bonds. The summed E-state index contributed by atoms with van der Waals surface area (Å²) in [6, 6.07) is 10.3. The number of H-pyrrole nitrogens is 1. The molecule has 2 aliphatic rings. The normalized spacial score (nSPS) is 21.6. The first-order valence-corrected chi connectivity index (χ1v) is 8.87. The number of carbonyl (C=O) groups excluding carboxylic acids is 2. The van der Waals surface area contributed by atoms with Crippen LogP contribution in [0.4, 0.5) is 0 Å². The van der Waals surface area contributed by atoms with Gasteiger partial charge in [0.25, 0.3) is 5.91 Å². The van der Waals surface area contributed by atoms with Gasteiger partial charge in [0.1, 0.15) is 0 Å². The zero-order valence-electron chi connectivity index (χ0n) is 14.8. The first kappa shape index (κ1) is 16.8. The maximum absolute atomic E-state index is 12.5. The van der Waals surface area contributed by atoms with Crippen molar-refractivity contribution in [1.29, 1.82) is 0 Å². The second-order valence-corrected chi connectivity index (χ2v) is 7.33. The number of hydrogen-bond donors (Lipinski definition) is 2. The quantitative estimate of drug-likeness (QED) is 0.849. The standard InChI is InChI=1S/C19H23N5O2/c1-20-17(25)16-10-23(9-14-5-3-2-4-6-14)11-19(16)12-24(13-19)18(26)15-7-21-22-8-15/h2-8,16H,9-13H2,1H3,(H,20,25)(H,21,22). The SMILES string of the molecule is CNC(=O)C1CN(Cc2ccccc2)CC12CN(C(=O)c1cn[nH]c1)C2. The Morgan fingerprint density at radius 1 is 1.27 bits per heavy atom. The average molecular weight is 353 g/mol. The second kappa shape index (κ2) is 6.57. The third-order valence-electron chi connectivity index (χ3n) is 5.57. The third kappa shape index (κ3) is 2.88. The number of amides is 2. The molecule has 2 N–H and O–H groups in total. The van der Waals surface area contributed by atoms with E-state index in [1.54, 1.807) is 19.4 Å². The first-order valence-electron chi connectivity index (χ1n) is 8.87. The molecular formula is C19H23N5O2.